The monoisotopic (exact) mass is 428 g/mol. The number of rotatable bonds is 2. The van der Waals surface area contributed by atoms with Crippen LogP contribution in [0.1, 0.15) is 26.7 Å². The molecule has 6 aliphatic rings. The van der Waals surface area contributed by atoms with Gasteiger partial charge in [0, 0.05) is 0 Å². The molecule has 162 valence electrons. The first-order chi connectivity index (χ1) is 15.4. The van der Waals surface area contributed by atoms with Crippen molar-refractivity contribution in [3.05, 3.63) is 47.6 Å². The van der Waals surface area contributed by atoms with Crippen molar-refractivity contribution in [3.8, 4) is 0 Å². The lowest BCUT2D eigenvalue weighted by Gasteiger charge is -2.21. The van der Waals surface area contributed by atoms with Crippen molar-refractivity contribution in [2.24, 2.45) is 47.3 Å². The molecule has 0 aromatic heterocycles. The van der Waals surface area contributed by atoms with Gasteiger partial charge in [0.05, 0.1) is 35.0 Å². The SMILES string of the molecule is CC1=CC2CC1C1C(=O)N(c3ccc(N4C(=O)C5C6C=C(C)C(C6)C5C4=O)cc3)C(=O)C21. The van der Waals surface area contributed by atoms with Crippen LogP contribution in [-0.2, 0) is 19.2 Å². The van der Waals surface area contributed by atoms with Gasteiger partial charge in [-0.15, -0.1) is 0 Å². The highest BCUT2D eigenvalue weighted by Crippen LogP contribution is 2.57. The number of hydrogen-bond acceptors (Lipinski definition) is 4. The van der Waals surface area contributed by atoms with Crippen LogP contribution in [0.2, 0.25) is 0 Å². The molecule has 32 heavy (non-hydrogen) atoms. The summed E-state index contributed by atoms with van der Waals surface area (Å²) in [4.78, 5) is 55.3. The van der Waals surface area contributed by atoms with Crippen LogP contribution in [0.3, 0.4) is 0 Å². The van der Waals surface area contributed by atoms with Crippen molar-refractivity contribution < 1.29 is 19.2 Å². The van der Waals surface area contributed by atoms with E-state index < -0.39 is 0 Å². The molecule has 2 aliphatic heterocycles. The molecule has 8 unspecified atom stereocenters. The third-order valence-electron chi connectivity index (χ3n) is 9.13. The van der Waals surface area contributed by atoms with E-state index in [1.807, 2.05) is 0 Å². The van der Waals surface area contributed by atoms with E-state index in [-0.39, 0.29) is 71.0 Å². The Hall–Kier alpha value is -3.02. The Morgan fingerprint density at radius 3 is 1.31 bits per heavy atom. The van der Waals surface area contributed by atoms with Crippen molar-refractivity contribution in [1.29, 1.82) is 0 Å². The van der Waals surface area contributed by atoms with E-state index in [1.54, 1.807) is 24.3 Å². The number of fused-ring (bicyclic) bond motifs is 10. The molecule has 0 N–H and O–H groups in total. The van der Waals surface area contributed by atoms with Crippen molar-refractivity contribution in [2.75, 3.05) is 9.80 Å². The van der Waals surface area contributed by atoms with E-state index in [2.05, 4.69) is 26.0 Å². The first-order valence-corrected chi connectivity index (χ1v) is 11.6. The summed E-state index contributed by atoms with van der Waals surface area (Å²) in [5.41, 5.74) is 3.49. The first-order valence-electron chi connectivity index (χ1n) is 11.6. The lowest BCUT2D eigenvalue weighted by Crippen LogP contribution is -2.34. The topological polar surface area (TPSA) is 74.8 Å². The summed E-state index contributed by atoms with van der Waals surface area (Å²) in [5.74, 6) is -0.776. The average Bonchev–Trinajstić information content (AvgIpc) is 3.57. The Labute approximate surface area is 185 Å². The second-order valence-corrected chi connectivity index (χ2v) is 10.5. The van der Waals surface area contributed by atoms with Crippen LogP contribution < -0.4 is 9.80 Å². The molecule has 2 saturated heterocycles. The molecule has 6 heteroatoms. The highest BCUT2D eigenvalue weighted by atomic mass is 16.2. The summed E-state index contributed by atoms with van der Waals surface area (Å²) >= 11 is 0. The predicted molar refractivity (Wildman–Crippen MR) is 116 cm³/mol. The number of anilines is 2. The number of allylic oxidation sites excluding steroid dienone is 4. The largest absolute Gasteiger partial charge is 0.274 e. The fourth-order valence-corrected chi connectivity index (χ4v) is 7.81. The molecular weight excluding hydrogens is 404 g/mol. The van der Waals surface area contributed by atoms with Gasteiger partial charge in [-0.3, -0.25) is 29.0 Å². The number of carbonyl (C=O) groups excluding carboxylic acids is 4. The van der Waals surface area contributed by atoms with Crippen LogP contribution in [-0.4, -0.2) is 23.6 Å². The maximum absolute atomic E-state index is 13.2. The van der Waals surface area contributed by atoms with Crippen LogP contribution in [0.4, 0.5) is 11.4 Å². The second-order valence-electron chi connectivity index (χ2n) is 10.5. The quantitative estimate of drug-likeness (QED) is 0.536. The third kappa shape index (κ3) is 2.02. The summed E-state index contributed by atoms with van der Waals surface area (Å²) in [7, 11) is 0. The van der Waals surface area contributed by atoms with Gasteiger partial charge in [0.2, 0.25) is 23.6 Å². The van der Waals surface area contributed by atoms with Gasteiger partial charge in [0.15, 0.2) is 0 Å². The van der Waals surface area contributed by atoms with E-state index in [0.717, 1.165) is 12.8 Å². The number of nitrogens with zero attached hydrogens (tertiary/aromatic N) is 2. The van der Waals surface area contributed by atoms with Gasteiger partial charge in [-0.2, -0.15) is 0 Å². The molecule has 2 saturated carbocycles. The van der Waals surface area contributed by atoms with Crippen molar-refractivity contribution in [2.45, 2.75) is 26.7 Å². The summed E-state index contributed by atoms with van der Waals surface area (Å²) < 4.78 is 0. The number of benzene rings is 1. The molecule has 1 aromatic carbocycles. The summed E-state index contributed by atoms with van der Waals surface area (Å²) in [5, 5.41) is 0. The third-order valence-corrected chi connectivity index (χ3v) is 9.13. The summed E-state index contributed by atoms with van der Waals surface area (Å²) in [6, 6.07) is 6.78. The van der Waals surface area contributed by atoms with E-state index >= 15 is 0 Å². The zero-order valence-electron chi connectivity index (χ0n) is 18.0. The minimum absolute atomic E-state index is 0.117. The van der Waals surface area contributed by atoms with Crippen LogP contribution in [0.5, 0.6) is 0 Å². The molecule has 0 radical (unpaired) electrons. The smallest absolute Gasteiger partial charge is 0.238 e. The normalized spacial score (nSPS) is 41.1. The Morgan fingerprint density at radius 1 is 0.594 bits per heavy atom. The molecule has 1 aromatic rings. The molecule has 4 fully saturated rings. The van der Waals surface area contributed by atoms with E-state index in [0.29, 0.717) is 11.4 Å². The average molecular weight is 428 g/mol. The molecule has 4 bridgehead atoms. The maximum atomic E-state index is 13.2. The van der Waals surface area contributed by atoms with Crippen LogP contribution in [0.25, 0.3) is 0 Å². The lowest BCUT2D eigenvalue weighted by molar-refractivity contribution is -0.124. The Bertz CT molecular complexity index is 1100. The standard InChI is InChI=1S/C26H24N2O4/c1-11-7-13-9-17(11)21-19(13)23(29)27(25(21)31)15-3-5-16(6-4-15)28-24(30)20-14-8-12(2)18(10-14)22(20)26(28)32/h3-8,13-14,17-22H,9-10H2,1-2H3. The second kappa shape index (κ2) is 5.85. The molecule has 8 atom stereocenters. The van der Waals surface area contributed by atoms with Crippen molar-refractivity contribution in [3.63, 3.8) is 0 Å². The molecule has 4 aliphatic carbocycles. The van der Waals surface area contributed by atoms with Crippen LogP contribution >= 0.6 is 0 Å². The number of carbonyl (C=O) groups is 4. The lowest BCUT2D eigenvalue weighted by atomic mass is 9.82. The minimum Gasteiger partial charge on any atom is -0.274 e. The molecular formula is C26H24N2O4. The van der Waals surface area contributed by atoms with Crippen molar-refractivity contribution >= 4 is 35.0 Å². The minimum atomic E-state index is -0.247. The first kappa shape index (κ1) is 18.5. The zero-order chi connectivity index (χ0) is 22.0. The summed E-state index contributed by atoms with van der Waals surface area (Å²) in [6.07, 6.45) is 6.14. The Balaban J connectivity index is 1.17. The van der Waals surface area contributed by atoms with Gasteiger partial charge < -0.3 is 0 Å². The van der Waals surface area contributed by atoms with Gasteiger partial charge in [-0.05, 0) is 74.6 Å². The van der Waals surface area contributed by atoms with Gasteiger partial charge in [-0.25, -0.2) is 0 Å². The summed E-state index contributed by atoms with van der Waals surface area (Å²) in [6.45, 7) is 4.11. The molecule has 7 rings (SSSR count). The number of hydrogen-bond donors (Lipinski definition) is 0. The molecule has 0 spiro atoms. The highest BCUT2D eigenvalue weighted by molar-refractivity contribution is 6.24. The highest BCUT2D eigenvalue weighted by Gasteiger charge is 2.62. The maximum Gasteiger partial charge on any atom is 0.238 e. The number of imide groups is 2. The molecule has 2 heterocycles. The molecule has 6 nitrogen and oxygen atoms in total. The van der Waals surface area contributed by atoms with Gasteiger partial charge in [0.1, 0.15) is 0 Å². The van der Waals surface area contributed by atoms with Crippen LogP contribution in [0.15, 0.2) is 47.6 Å². The fraction of sp³-hybridized carbons (Fsp3) is 0.462. The Kier molecular flexibility index (Phi) is 3.39. The van der Waals surface area contributed by atoms with E-state index in [9.17, 15) is 19.2 Å². The zero-order valence-corrected chi connectivity index (χ0v) is 18.0. The van der Waals surface area contributed by atoms with Gasteiger partial charge in [0.25, 0.3) is 0 Å². The Morgan fingerprint density at radius 2 is 0.938 bits per heavy atom. The molecule has 4 amide bonds. The number of amides is 4. The van der Waals surface area contributed by atoms with Crippen LogP contribution in [0, 0.1) is 47.3 Å². The van der Waals surface area contributed by atoms with E-state index in [4.69, 9.17) is 0 Å². The van der Waals surface area contributed by atoms with Gasteiger partial charge >= 0.3 is 0 Å². The fourth-order valence-electron chi connectivity index (χ4n) is 7.81. The van der Waals surface area contributed by atoms with Gasteiger partial charge in [-0.1, -0.05) is 23.3 Å². The van der Waals surface area contributed by atoms with Crippen molar-refractivity contribution in [1.82, 2.24) is 0 Å². The predicted octanol–water partition coefficient (Wildman–Crippen LogP) is 3.09. The van der Waals surface area contributed by atoms with E-state index in [1.165, 1.54) is 20.9 Å².